The topological polar surface area (TPSA) is 75.3 Å². The standard InChI is InChI=1S/C17H13ClN2O3S/c18-14-10-4-8-12-9-5-11-15(16(12)14)24(22,23)20-19-17(21)13-6-2-1-3-7-13/h1-11,20H,(H,19,21). The molecule has 7 heteroatoms. The van der Waals surface area contributed by atoms with Gasteiger partial charge in [-0.25, -0.2) is 8.42 Å². The zero-order valence-corrected chi connectivity index (χ0v) is 13.9. The minimum absolute atomic E-state index is 0.000961. The first-order valence-corrected chi connectivity index (χ1v) is 8.89. The number of sulfonamides is 1. The molecule has 0 spiro atoms. The normalized spacial score (nSPS) is 11.4. The van der Waals surface area contributed by atoms with Crippen LogP contribution in [0.3, 0.4) is 0 Å². The van der Waals surface area contributed by atoms with E-state index >= 15 is 0 Å². The predicted octanol–water partition coefficient (Wildman–Crippen LogP) is 3.12. The van der Waals surface area contributed by atoms with E-state index in [1.54, 1.807) is 60.7 Å². The van der Waals surface area contributed by atoms with Crippen LogP contribution in [0.2, 0.25) is 5.02 Å². The Morgan fingerprint density at radius 3 is 2.25 bits per heavy atom. The van der Waals surface area contributed by atoms with Crippen LogP contribution >= 0.6 is 11.6 Å². The van der Waals surface area contributed by atoms with Crippen LogP contribution in [0.5, 0.6) is 0 Å². The summed E-state index contributed by atoms with van der Waals surface area (Å²) in [6.07, 6.45) is 0. The number of nitrogens with one attached hydrogen (secondary N) is 2. The summed E-state index contributed by atoms with van der Waals surface area (Å²) < 4.78 is 25.1. The van der Waals surface area contributed by atoms with Crippen LogP contribution in [0.4, 0.5) is 0 Å². The van der Waals surface area contributed by atoms with E-state index in [1.807, 2.05) is 0 Å². The summed E-state index contributed by atoms with van der Waals surface area (Å²) in [5.41, 5.74) is 2.55. The minimum atomic E-state index is -3.98. The number of carbonyl (C=O) groups is 1. The Morgan fingerprint density at radius 2 is 1.54 bits per heavy atom. The van der Waals surface area contributed by atoms with E-state index in [-0.39, 0.29) is 4.90 Å². The van der Waals surface area contributed by atoms with Gasteiger partial charge >= 0.3 is 0 Å². The lowest BCUT2D eigenvalue weighted by Crippen LogP contribution is -2.41. The first-order valence-electron chi connectivity index (χ1n) is 7.03. The molecule has 0 atom stereocenters. The molecule has 0 fully saturated rings. The molecule has 0 radical (unpaired) electrons. The third-order valence-electron chi connectivity index (χ3n) is 3.44. The number of hydrazine groups is 1. The molecule has 0 aliphatic heterocycles. The van der Waals surface area contributed by atoms with Crippen LogP contribution in [-0.2, 0) is 10.0 Å². The van der Waals surface area contributed by atoms with Crippen molar-refractivity contribution in [2.24, 2.45) is 0 Å². The number of rotatable bonds is 4. The van der Waals surface area contributed by atoms with E-state index in [1.165, 1.54) is 6.07 Å². The number of fused-ring (bicyclic) bond motifs is 1. The van der Waals surface area contributed by atoms with Crippen molar-refractivity contribution in [2.75, 3.05) is 0 Å². The van der Waals surface area contributed by atoms with Gasteiger partial charge in [0.15, 0.2) is 0 Å². The second kappa shape index (κ2) is 6.60. The van der Waals surface area contributed by atoms with Crippen LogP contribution in [0, 0.1) is 0 Å². The average molecular weight is 361 g/mol. The minimum Gasteiger partial charge on any atom is -0.273 e. The zero-order chi connectivity index (χ0) is 17.2. The van der Waals surface area contributed by atoms with E-state index < -0.39 is 15.9 Å². The Hall–Kier alpha value is -2.41. The molecule has 3 aromatic carbocycles. The molecule has 0 aliphatic rings. The molecule has 122 valence electrons. The van der Waals surface area contributed by atoms with Crippen molar-refractivity contribution in [1.29, 1.82) is 0 Å². The third-order valence-corrected chi connectivity index (χ3v) is 5.05. The van der Waals surface area contributed by atoms with Crippen LogP contribution in [0.15, 0.2) is 71.6 Å². The molecule has 2 N–H and O–H groups in total. The summed E-state index contributed by atoms with van der Waals surface area (Å²) in [6, 6.07) is 18.2. The maximum Gasteiger partial charge on any atom is 0.266 e. The molecule has 5 nitrogen and oxygen atoms in total. The van der Waals surface area contributed by atoms with Gasteiger partial charge in [-0.1, -0.05) is 54.1 Å². The lowest BCUT2D eigenvalue weighted by atomic mass is 10.1. The van der Waals surface area contributed by atoms with Crippen molar-refractivity contribution in [3.05, 3.63) is 77.3 Å². The highest BCUT2D eigenvalue weighted by Crippen LogP contribution is 2.29. The van der Waals surface area contributed by atoms with E-state index in [0.29, 0.717) is 21.4 Å². The highest BCUT2D eigenvalue weighted by Gasteiger charge is 2.19. The van der Waals surface area contributed by atoms with Gasteiger partial charge in [0.25, 0.3) is 15.9 Å². The first-order chi connectivity index (χ1) is 11.5. The number of hydrogen-bond donors (Lipinski definition) is 2. The average Bonchev–Trinajstić information content (AvgIpc) is 2.60. The lowest BCUT2D eigenvalue weighted by molar-refractivity contribution is 0.0945. The molecular weight excluding hydrogens is 348 g/mol. The summed E-state index contributed by atoms with van der Waals surface area (Å²) in [7, 11) is -3.98. The summed E-state index contributed by atoms with van der Waals surface area (Å²) in [5, 5.41) is 1.42. The molecule has 3 aromatic rings. The summed E-state index contributed by atoms with van der Waals surface area (Å²) >= 11 is 6.15. The Balaban J connectivity index is 1.91. The van der Waals surface area contributed by atoms with E-state index in [0.717, 1.165) is 0 Å². The van der Waals surface area contributed by atoms with Gasteiger partial charge < -0.3 is 0 Å². The van der Waals surface area contributed by atoms with Crippen molar-refractivity contribution >= 4 is 38.3 Å². The third kappa shape index (κ3) is 3.26. The monoisotopic (exact) mass is 360 g/mol. The van der Waals surface area contributed by atoms with Gasteiger partial charge in [-0.3, -0.25) is 10.2 Å². The predicted molar refractivity (Wildman–Crippen MR) is 93.2 cm³/mol. The second-order valence-corrected chi connectivity index (χ2v) is 7.08. The maximum absolute atomic E-state index is 12.5. The molecule has 0 saturated heterocycles. The summed E-state index contributed by atoms with van der Waals surface area (Å²) in [5.74, 6) is -0.550. The largest absolute Gasteiger partial charge is 0.273 e. The van der Waals surface area contributed by atoms with Crippen LogP contribution in [0.25, 0.3) is 10.8 Å². The molecule has 0 unspecified atom stereocenters. The highest BCUT2D eigenvalue weighted by atomic mass is 35.5. The quantitative estimate of drug-likeness (QED) is 0.702. The van der Waals surface area contributed by atoms with Gasteiger partial charge in [0.2, 0.25) is 0 Å². The number of amides is 1. The zero-order valence-electron chi connectivity index (χ0n) is 12.4. The van der Waals surface area contributed by atoms with Crippen molar-refractivity contribution < 1.29 is 13.2 Å². The van der Waals surface area contributed by atoms with E-state index in [4.69, 9.17) is 11.6 Å². The van der Waals surface area contributed by atoms with Gasteiger partial charge in [-0.15, -0.1) is 4.83 Å². The lowest BCUT2D eigenvalue weighted by Gasteiger charge is -2.11. The second-order valence-electron chi connectivity index (χ2n) is 5.02. The number of benzene rings is 3. The van der Waals surface area contributed by atoms with Crippen LogP contribution in [0.1, 0.15) is 10.4 Å². The Morgan fingerprint density at radius 1 is 0.875 bits per heavy atom. The van der Waals surface area contributed by atoms with Crippen molar-refractivity contribution in [1.82, 2.24) is 10.3 Å². The molecule has 0 aromatic heterocycles. The van der Waals surface area contributed by atoms with Crippen molar-refractivity contribution in [3.8, 4) is 0 Å². The SMILES string of the molecule is O=C(NNS(=O)(=O)c1cccc2cccc(Cl)c12)c1ccccc1. The summed E-state index contributed by atoms with van der Waals surface area (Å²) in [6.45, 7) is 0. The van der Waals surface area contributed by atoms with Gasteiger partial charge in [-0.2, -0.15) is 0 Å². The molecule has 0 aliphatic carbocycles. The first kappa shape index (κ1) is 16.4. The van der Waals surface area contributed by atoms with Crippen molar-refractivity contribution in [3.63, 3.8) is 0 Å². The number of halogens is 1. The van der Waals surface area contributed by atoms with Crippen LogP contribution < -0.4 is 10.3 Å². The van der Waals surface area contributed by atoms with Gasteiger partial charge in [0.1, 0.15) is 0 Å². The van der Waals surface area contributed by atoms with E-state index in [2.05, 4.69) is 10.3 Å². The molecule has 0 bridgehead atoms. The number of carbonyl (C=O) groups excluding carboxylic acids is 1. The maximum atomic E-state index is 12.5. The fourth-order valence-corrected chi connectivity index (χ4v) is 3.75. The Bertz CT molecular complexity index is 1000. The van der Waals surface area contributed by atoms with Crippen molar-refractivity contribution in [2.45, 2.75) is 4.90 Å². The molecule has 3 rings (SSSR count). The van der Waals surface area contributed by atoms with E-state index in [9.17, 15) is 13.2 Å². The molecule has 0 saturated carbocycles. The molecule has 24 heavy (non-hydrogen) atoms. The number of hydrogen-bond acceptors (Lipinski definition) is 3. The molecule has 0 heterocycles. The summed E-state index contributed by atoms with van der Waals surface area (Å²) in [4.78, 5) is 14.1. The molecular formula is C17H13ClN2O3S. The van der Waals surface area contributed by atoms with Crippen LogP contribution in [-0.4, -0.2) is 14.3 Å². The highest BCUT2D eigenvalue weighted by molar-refractivity contribution is 7.89. The van der Waals surface area contributed by atoms with Gasteiger partial charge in [0, 0.05) is 16.0 Å². The Kier molecular flexibility index (Phi) is 4.53. The fraction of sp³-hybridized carbons (Fsp3) is 0. The molecule has 1 amide bonds. The Labute approximate surface area is 144 Å². The van der Waals surface area contributed by atoms with Gasteiger partial charge in [-0.05, 0) is 29.7 Å². The smallest absolute Gasteiger partial charge is 0.266 e. The van der Waals surface area contributed by atoms with Gasteiger partial charge in [0.05, 0.1) is 4.90 Å². The fourth-order valence-electron chi connectivity index (χ4n) is 2.32.